The summed E-state index contributed by atoms with van der Waals surface area (Å²) in [4.78, 5) is 4.56. The van der Waals surface area contributed by atoms with Crippen LogP contribution < -0.4 is 5.73 Å². The van der Waals surface area contributed by atoms with Gasteiger partial charge in [0.15, 0.2) is 0 Å². The second kappa shape index (κ2) is 5.93. The Balaban J connectivity index is 2.29. The summed E-state index contributed by atoms with van der Waals surface area (Å²) in [6.45, 7) is 2.53. The highest BCUT2D eigenvalue weighted by molar-refractivity contribution is 7.80. The maximum atomic E-state index is 13.8. The highest BCUT2D eigenvalue weighted by Crippen LogP contribution is 2.14. The summed E-state index contributed by atoms with van der Waals surface area (Å²) in [6, 6.07) is 4.70. The predicted molar refractivity (Wildman–Crippen MR) is 77.6 cm³/mol. The minimum atomic E-state index is -0.254. The summed E-state index contributed by atoms with van der Waals surface area (Å²) in [7, 11) is 0. The van der Waals surface area contributed by atoms with Crippen LogP contribution in [0.2, 0.25) is 0 Å². The van der Waals surface area contributed by atoms with Crippen LogP contribution in [0.4, 0.5) is 4.39 Å². The van der Waals surface area contributed by atoms with E-state index in [1.807, 2.05) is 10.8 Å². The Kier molecular flexibility index (Phi) is 4.27. The monoisotopic (exact) mass is 277 g/mol. The molecule has 0 amide bonds. The number of benzene rings is 1. The first-order chi connectivity index (χ1) is 9.11. The van der Waals surface area contributed by atoms with Crippen molar-refractivity contribution in [1.82, 2.24) is 9.55 Å². The molecular formula is C14H16FN3S. The molecule has 2 N–H and O–H groups in total. The summed E-state index contributed by atoms with van der Waals surface area (Å²) >= 11 is 4.92. The van der Waals surface area contributed by atoms with Crippen molar-refractivity contribution in [3.05, 3.63) is 53.4 Å². The molecule has 0 spiro atoms. The molecule has 0 fully saturated rings. The highest BCUT2D eigenvalue weighted by Gasteiger charge is 2.08. The third-order valence-corrected chi connectivity index (χ3v) is 3.18. The third-order valence-electron chi connectivity index (χ3n) is 2.95. The maximum Gasteiger partial charge on any atom is 0.128 e. The van der Waals surface area contributed by atoms with Crippen molar-refractivity contribution in [2.45, 2.75) is 26.3 Å². The molecule has 2 aromatic rings. The number of rotatable bonds is 5. The number of nitrogens with zero attached hydrogens (tertiary/aromatic N) is 2. The van der Waals surface area contributed by atoms with E-state index in [2.05, 4.69) is 11.9 Å². The number of aryl methyl sites for hydroxylation is 1. The SMILES string of the molecule is CCCc1nccn1Cc1cc(C(N)=S)ccc1F. The normalized spacial score (nSPS) is 10.6. The number of halogens is 1. The van der Waals surface area contributed by atoms with Gasteiger partial charge < -0.3 is 10.3 Å². The molecule has 1 heterocycles. The molecule has 19 heavy (non-hydrogen) atoms. The van der Waals surface area contributed by atoms with E-state index in [9.17, 15) is 4.39 Å². The lowest BCUT2D eigenvalue weighted by atomic mass is 10.1. The summed E-state index contributed by atoms with van der Waals surface area (Å²) in [6.07, 6.45) is 5.48. The lowest BCUT2D eigenvalue weighted by molar-refractivity contribution is 0.593. The van der Waals surface area contributed by atoms with Gasteiger partial charge in [0.2, 0.25) is 0 Å². The maximum absolute atomic E-state index is 13.8. The van der Waals surface area contributed by atoms with Crippen LogP contribution in [0.1, 0.15) is 30.3 Å². The molecule has 1 aromatic carbocycles. The Bertz CT molecular complexity index is 592. The summed E-state index contributed by atoms with van der Waals surface area (Å²) < 4.78 is 15.8. The van der Waals surface area contributed by atoms with Crippen molar-refractivity contribution >= 4 is 17.2 Å². The molecule has 0 unspecified atom stereocenters. The first-order valence-electron chi connectivity index (χ1n) is 6.20. The lowest BCUT2D eigenvalue weighted by Crippen LogP contribution is -2.12. The standard InChI is InChI=1S/C14H16FN3S/c1-2-3-13-17-6-7-18(13)9-11-8-10(14(16)19)4-5-12(11)15/h4-8H,2-3,9H2,1H3,(H2,16,19). The van der Waals surface area contributed by atoms with Gasteiger partial charge in [-0.25, -0.2) is 9.37 Å². The van der Waals surface area contributed by atoms with Gasteiger partial charge in [-0.3, -0.25) is 0 Å². The zero-order valence-corrected chi connectivity index (χ0v) is 11.6. The van der Waals surface area contributed by atoms with Crippen molar-refractivity contribution in [2.24, 2.45) is 5.73 Å². The molecule has 0 atom stereocenters. The van der Waals surface area contributed by atoms with E-state index < -0.39 is 0 Å². The van der Waals surface area contributed by atoms with E-state index >= 15 is 0 Å². The lowest BCUT2D eigenvalue weighted by Gasteiger charge is -2.09. The van der Waals surface area contributed by atoms with Crippen LogP contribution in [0.15, 0.2) is 30.6 Å². The molecule has 0 aliphatic heterocycles. The minimum Gasteiger partial charge on any atom is -0.389 e. The number of aromatic nitrogens is 2. The first kappa shape index (κ1) is 13.7. The van der Waals surface area contributed by atoms with Crippen molar-refractivity contribution in [3.63, 3.8) is 0 Å². The van der Waals surface area contributed by atoms with E-state index in [0.717, 1.165) is 18.7 Å². The number of nitrogens with two attached hydrogens (primary N) is 1. The van der Waals surface area contributed by atoms with E-state index in [4.69, 9.17) is 18.0 Å². The Morgan fingerprint density at radius 1 is 1.47 bits per heavy atom. The predicted octanol–water partition coefficient (Wildman–Crippen LogP) is 2.66. The molecule has 2 rings (SSSR count). The van der Waals surface area contributed by atoms with Gasteiger partial charge in [0, 0.05) is 29.9 Å². The van der Waals surface area contributed by atoms with Crippen LogP contribution in [-0.4, -0.2) is 14.5 Å². The quantitative estimate of drug-likeness (QED) is 0.855. The first-order valence-corrected chi connectivity index (χ1v) is 6.61. The third kappa shape index (κ3) is 3.17. The molecular weight excluding hydrogens is 261 g/mol. The van der Waals surface area contributed by atoms with Crippen molar-refractivity contribution < 1.29 is 4.39 Å². The fourth-order valence-electron chi connectivity index (χ4n) is 1.97. The molecule has 100 valence electrons. The van der Waals surface area contributed by atoms with E-state index in [-0.39, 0.29) is 10.8 Å². The van der Waals surface area contributed by atoms with Crippen molar-refractivity contribution in [3.8, 4) is 0 Å². The zero-order valence-electron chi connectivity index (χ0n) is 10.8. The van der Waals surface area contributed by atoms with Gasteiger partial charge in [0.05, 0.1) is 6.54 Å². The molecule has 1 aromatic heterocycles. The largest absolute Gasteiger partial charge is 0.389 e. The van der Waals surface area contributed by atoms with Crippen LogP contribution in [0.25, 0.3) is 0 Å². The molecule has 0 saturated heterocycles. The molecule has 0 bridgehead atoms. The fourth-order valence-corrected chi connectivity index (χ4v) is 2.10. The number of thiocarbonyl (C=S) groups is 1. The van der Waals surface area contributed by atoms with Crippen LogP contribution >= 0.6 is 12.2 Å². The molecule has 3 nitrogen and oxygen atoms in total. The molecule has 0 aliphatic rings. The van der Waals surface area contributed by atoms with Gasteiger partial charge in [0.1, 0.15) is 16.6 Å². The van der Waals surface area contributed by atoms with Crippen molar-refractivity contribution in [1.29, 1.82) is 0 Å². The fraction of sp³-hybridized carbons (Fsp3) is 0.286. The Hall–Kier alpha value is -1.75. The van der Waals surface area contributed by atoms with Crippen LogP contribution in [0.5, 0.6) is 0 Å². The van der Waals surface area contributed by atoms with E-state index in [1.165, 1.54) is 6.07 Å². The highest BCUT2D eigenvalue weighted by atomic mass is 32.1. The number of hydrogen-bond donors (Lipinski definition) is 1. The van der Waals surface area contributed by atoms with Gasteiger partial charge in [-0.1, -0.05) is 19.1 Å². The van der Waals surface area contributed by atoms with Crippen molar-refractivity contribution in [2.75, 3.05) is 0 Å². The molecule has 0 aliphatic carbocycles. The number of imidazole rings is 1. The topological polar surface area (TPSA) is 43.8 Å². The van der Waals surface area contributed by atoms with Crippen LogP contribution in [0.3, 0.4) is 0 Å². The molecule has 0 saturated carbocycles. The zero-order chi connectivity index (χ0) is 13.8. The van der Waals surface area contributed by atoms with E-state index in [0.29, 0.717) is 17.7 Å². The average molecular weight is 277 g/mol. The van der Waals surface area contributed by atoms with Gasteiger partial charge in [-0.05, 0) is 24.6 Å². The Morgan fingerprint density at radius 3 is 2.95 bits per heavy atom. The van der Waals surface area contributed by atoms with Gasteiger partial charge >= 0.3 is 0 Å². The Labute approximate surface area is 117 Å². The Morgan fingerprint density at radius 2 is 2.26 bits per heavy atom. The molecule has 5 heteroatoms. The summed E-state index contributed by atoms with van der Waals surface area (Å²) in [5, 5.41) is 0. The second-order valence-corrected chi connectivity index (χ2v) is 4.83. The smallest absolute Gasteiger partial charge is 0.128 e. The molecule has 0 radical (unpaired) electrons. The van der Waals surface area contributed by atoms with Gasteiger partial charge in [0.25, 0.3) is 0 Å². The second-order valence-electron chi connectivity index (χ2n) is 4.39. The summed E-state index contributed by atoms with van der Waals surface area (Å²) in [5.41, 5.74) is 6.83. The van der Waals surface area contributed by atoms with Gasteiger partial charge in [-0.2, -0.15) is 0 Å². The summed E-state index contributed by atoms with van der Waals surface area (Å²) in [5.74, 6) is 0.707. The van der Waals surface area contributed by atoms with E-state index in [1.54, 1.807) is 18.3 Å². The van der Waals surface area contributed by atoms with Gasteiger partial charge in [-0.15, -0.1) is 0 Å². The van der Waals surface area contributed by atoms with Crippen LogP contribution in [-0.2, 0) is 13.0 Å². The number of hydrogen-bond acceptors (Lipinski definition) is 2. The average Bonchev–Trinajstić information content (AvgIpc) is 2.80. The minimum absolute atomic E-state index is 0.254. The van der Waals surface area contributed by atoms with Crippen LogP contribution in [0, 0.1) is 5.82 Å².